The molecule has 9 heteroatoms. The second-order valence-corrected chi connectivity index (χ2v) is 6.65. The molecule has 1 fully saturated rings. The lowest BCUT2D eigenvalue weighted by Crippen LogP contribution is -2.47. The SMILES string of the molecule is O=C1c2ccccc2N[C@H](c2cnc(N3CCCC3)nc2)N1CC(F)(F)F. The summed E-state index contributed by atoms with van der Waals surface area (Å²) in [5, 5.41) is 3.02. The van der Waals surface area contributed by atoms with Gasteiger partial charge < -0.3 is 15.1 Å². The minimum absolute atomic E-state index is 0.215. The number of halogens is 3. The van der Waals surface area contributed by atoms with Crippen molar-refractivity contribution in [3.63, 3.8) is 0 Å². The van der Waals surface area contributed by atoms with Crippen molar-refractivity contribution in [3.05, 3.63) is 47.8 Å². The van der Waals surface area contributed by atoms with E-state index in [-0.39, 0.29) is 5.56 Å². The van der Waals surface area contributed by atoms with E-state index in [1.54, 1.807) is 18.2 Å². The Morgan fingerprint density at radius 2 is 1.78 bits per heavy atom. The van der Waals surface area contributed by atoms with Crippen molar-refractivity contribution in [1.82, 2.24) is 14.9 Å². The van der Waals surface area contributed by atoms with Gasteiger partial charge in [-0.2, -0.15) is 13.2 Å². The van der Waals surface area contributed by atoms with Gasteiger partial charge in [-0.3, -0.25) is 4.79 Å². The molecule has 0 aliphatic carbocycles. The van der Waals surface area contributed by atoms with Crippen molar-refractivity contribution in [2.75, 3.05) is 29.9 Å². The first-order valence-corrected chi connectivity index (χ1v) is 8.72. The molecule has 1 aromatic heterocycles. The number of para-hydroxylation sites is 1. The molecule has 2 aliphatic rings. The van der Waals surface area contributed by atoms with Crippen molar-refractivity contribution in [3.8, 4) is 0 Å². The smallest absolute Gasteiger partial charge is 0.361 e. The summed E-state index contributed by atoms with van der Waals surface area (Å²) in [5.74, 6) is -0.114. The van der Waals surface area contributed by atoms with Gasteiger partial charge in [-0.15, -0.1) is 0 Å². The molecule has 4 rings (SSSR count). The highest BCUT2D eigenvalue weighted by atomic mass is 19.4. The third-order valence-corrected chi connectivity index (χ3v) is 4.73. The Labute approximate surface area is 154 Å². The summed E-state index contributed by atoms with van der Waals surface area (Å²) in [6.07, 6.45) is -0.383. The molecule has 1 atom stereocenters. The summed E-state index contributed by atoms with van der Waals surface area (Å²) in [5.41, 5.74) is 1.12. The Morgan fingerprint density at radius 1 is 1.11 bits per heavy atom. The number of carbonyl (C=O) groups is 1. The standard InChI is InChI=1S/C18H18F3N5O/c19-18(20,21)11-26-15(24-14-6-2-1-5-13(14)16(26)27)12-9-22-17(23-10-12)25-7-3-4-8-25/h1-2,5-6,9-10,15,24H,3-4,7-8,11H2/t15-/m0/s1. The second kappa shape index (κ2) is 6.71. The topological polar surface area (TPSA) is 61.4 Å². The largest absolute Gasteiger partial charge is 0.406 e. The Balaban J connectivity index is 1.67. The van der Waals surface area contributed by atoms with E-state index in [1.165, 1.54) is 18.5 Å². The van der Waals surface area contributed by atoms with E-state index in [9.17, 15) is 18.0 Å². The van der Waals surface area contributed by atoms with Gasteiger partial charge in [0.1, 0.15) is 12.7 Å². The number of hydrogen-bond donors (Lipinski definition) is 1. The number of alkyl halides is 3. The predicted octanol–water partition coefficient (Wildman–Crippen LogP) is 3.21. The molecular formula is C18H18F3N5O. The van der Waals surface area contributed by atoms with Gasteiger partial charge in [0.05, 0.1) is 5.56 Å². The van der Waals surface area contributed by atoms with E-state index in [4.69, 9.17) is 0 Å². The second-order valence-electron chi connectivity index (χ2n) is 6.65. The number of fused-ring (bicyclic) bond motifs is 1. The fourth-order valence-corrected chi connectivity index (χ4v) is 3.47. The Morgan fingerprint density at radius 3 is 2.44 bits per heavy atom. The van der Waals surface area contributed by atoms with Crippen LogP contribution in [0.4, 0.5) is 24.8 Å². The Hall–Kier alpha value is -2.84. The molecule has 27 heavy (non-hydrogen) atoms. The maximum Gasteiger partial charge on any atom is 0.406 e. The zero-order chi connectivity index (χ0) is 19.0. The Bertz CT molecular complexity index is 834. The van der Waals surface area contributed by atoms with Crippen molar-refractivity contribution < 1.29 is 18.0 Å². The molecule has 3 heterocycles. The van der Waals surface area contributed by atoms with Crippen LogP contribution >= 0.6 is 0 Å². The molecule has 0 radical (unpaired) electrons. The van der Waals surface area contributed by atoms with E-state index in [0.29, 0.717) is 17.2 Å². The van der Waals surface area contributed by atoms with Gasteiger partial charge in [0.25, 0.3) is 5.91 Å². The van der Waals surface area contributed by atoms with Gasteiger partial charge in [0, 0.05) is 36.7 Å². The first-order valence-electron chi connectivity index (χ1n) is 8.72. The quantitative estimate of drug-likeness (QED) is 0.890. The molecule has 2 aliphatic heterocycles. The lowest BCUT2D eigenvalue weighted by molar-refractivity contribution is -0.144. The lowest BCUT2D eigenvalue weighted by Gasteiger charge is -2.38. The zero-order valence-electron chi connectivity index (χ0n) is 14.4. The van der Waals surface area contributed by atoms with Gasteiger partial charge in [-0.1, -0.05) is 12.1 Å². The van der Waals surface area contributed by atoms with E-state index in [0.717, 1.165) is 30.8 Å². The number of carbonyl (C=O) groups excluding carboxylic acids is 1. The van der Waals surface area contributed by atoms with Crippen LogP contribution in [0.25, 0.3) is 0 Å². The number of nitrogens with one attached hydrogen (secondary N) is 1. The van der Waals surface area contributed by atoms with Crippen LogP contribution in [0.5, 0.6) is 0 Å². The molecule has 142 valence electrons. The van der Waals surface area contributed by atoms with Crippen molar-refractivity contribution in [1.29, 1.82) is 0 Å². The van der Waals surface area contributed by atoms with Crippen molar-refractivity contribution in [2.45, 2.75) is 25.2 Å². The third-order valence-electron chi connectivity index (χ3n) is 4.73. The summed E-state index contributed by atoms with van der Waals surface area (Å²) in [6, 6.07) is 6.53. The molecule has 0 saturated carbocycles. The van der Waals surface area contributed by atoms with Gasteiger partial charge >= 0.3 is 6.18 Å². The zero-order valence-corrected chi connectivity index (χ0v) is 14.4. The minimum atomic E-state index is -4.52. The summed E-state index contributed by atoms with van der Waals surface area (Å²) < 4.78 is 39.3. The number of nitrogens with zero attached hydrogens (tertiary/aromatic N) is 4. The average Bonchev–Trinajstić information content (AvgIpc) is 3.18. The summed E-state index contributed by atoms with van der Waals surface area (Å²) in [7, 11) is 0. The molecular weight excluding hydrogens is 359 g/mol. The van der Waals surface area contributed by atoms with Crippen LogP contribution in [0.15, 0.2) is 36.7 Å². The molecule has 0 spiro atoms. The molecule has 1 amide bonds. The first kappa shape index (κ1) is 17.6. The molecule has 6 nitrogen and oxygen atoms in total. The normalized spacial score (nSPS) is 19.8. The van der Waals surface area contributed by atoms with Crippen molar-refractivity contribution >= 4 is 17.5 Å². The number of amides is 1. The van der Waals surface area contributed by atoms with Crippen LogP contribution < -0.4 is 10.2 Å². The number of hydrogen-bond acceptors (Lipinski definition) is 5. The maximum absolute atomic E-state index is 13.1. The average molecular weight is 377 g/mol. The van der Waals surface area contributed by atoms with Crippen LogP contribution in [0, 0.1) is 0 Å². The fraction of sp³-hybridized carbons (Fsp3) is 0.389. The molecule has 0 bridgehead atoms. The van der Waals surface area contributed by atoms with Crippen LogP contribution in [0.1, 0.15) is 34.9 Å². The number of aromatic nitrogens is 2. The van der Waals surface area contributed by atoms with E-state index in [2.05, 4.69) is 15.3 Å². The van der Waals surface area contributed by atoms with Gasteiger partial charge in [-0.25, -0.2) is 9.97 Å². The van der Waals surface area contributed by atoms with Gasteiger partial charge in [0.2, 0.25) is 5.95 Å². The number of rotatable bonds is 3. The first-order chi connectivity index (χ1) is 12.9. The van der Waals surface area contributed by atoms with E-state index >= 15 is 0 Å². The summed E-state index contributed by atoms with van der Waals surface area (Å²) in [6.45, 7) is 0.381. The van der Waals surface area contributed by atoms with Crippen LogP contribution in [0.3, 0.4) is 0 Å². The summed E-state index contributed by atoms with van der Waals surface area (Å²) in [4.78, 5) is 24.1. The number of anilines is 2. The van der Waals surface area contributed by atoms with E-state index < -0.39 is 24.8 Å². The molecule has 1 aromatic carbocycles. The highest BCUT2D eigenvalue weighted by molar-refractivity contribution is 6.01. The van der Waals surface area contributed by atoms with Gasteiger partial charge in [-0.05, 0) is 25.0 Å². The predicted molar refractivity (Wildman–Crippen MR) is 93.4 cm³/mol. The molecule has 1 saturated heterocycles. The Kier molecular flexibility index (Phi) is 4.37. The minimum Gasteiger partial charge on any atom is -0.361 e. The summed E-state index contributed by atoms with van der Waals surface area (Å²) >= 11 is 0. The third kappa shape index (κ3) is 3.54. The van der Waals surface area contributed by atoms with Crippen LogP contribution in [0.2, 0.25) is 0 Å². The van der Waals surface area contributed by atoms with Crippen LogP contribution in [-0.4, -0.2) is 46.6 Å². The highest BCUT2D eigenvalue weighted by Gasteiger charge is 2.40. The van der Waals surface area contributed by atoms with E-state index in [1.807, 2.05) is 4.90 Å². The maximum atomic E-state index is 13.1. The molecule has 0 unspecified atom stereocenters. The van der Waals surface area contributed by atoms with Crippen LogP contribution in [-0.2, 0) is 0 Å². The monoisotopic (exact) mass is 377 g/mol. The molecule has 1 N–H and O–H groups in total. The number of benzene rings is 1. The lowest BCUT2D eigenvalue weighted by atomic mass is 10.1. The highest BCUT2D eigenvalue weighted by Crippen LogP contribution is 2.35. The fourth-order valence-electron chi connectivity index (χ4n) is 3.47. The molecule has 2 aromatic rings. The van der Waals surface area contributed by atoms with Crippen molar-refractivity contribution in [2.24, 2.45) is 0 Å². The van der Waals surface area contributed by atoms with Gasteiger partial charge in [0.15, 0.2) is 0 Å².